The number of likely N-dealkylation sites (N-methyl/N-ethyl adjacent to an activating group) is 1. The highest BCUT2D eigenvalue weighted by Crippen LogP contribution is 2.18. The number of halogens is 2. The summed E-state index contributed by atoms with van der Waals surface area (Å²) in [6, 6.07) is 11.0. The summed E-state index contributed by atoms with van der Waals surface area (Å²) in [5, 5.41) is 3.52. The van der Waals surface area contributed by atoms with Gasteiger partial charge in [0.05, 0.1) is 0 Å². The van der Waals surface area contributed by atoms with Gasteiger partial charge < -0.3 is 24.9 Å². The average molecular weight is 567 g/mol. The smallest absolute Gasteiger partial charge is 0.194 e. The third-order valence-electron chi connectivity index (χ3n) is 6.39. The number of benzene rings is 1. The molecule has 0 aliphatic carbocycles. The molecule has 0 atom stereocenters. The largest absolute Gasteiger partial charge is 0.368 e. The Kier molecular flexibility index (Phi) is 9.54. The second-order valence-electron chi connectivity index (χ2n) is 8.29. The van der Waals surface area contributed by atoms with E-state index >= 15 is 0 Å². The Morgan fingerprint density at radius 3 is 2.27 bits per heavy atom. The summed E-state index contributed by atoms with van der Waals surface area (Å²) in [6.45, 7) is 11.8. The average Bonchev–Trinajstić information content (AvgIpc) is 2.85. The van der Waals surface area contributed by atoms with Crippen LogP contribution in [0.1, 0.15) is 12.5 Å². The summed E-state index contributed by atoms with van der Waals surface area (Å²) in [6.07, 6.45) is 1.91. The van der Waals surface area contributed by atoms with Gasteiger partial charge in [-0.25, -0.2) is 9.37 Å². The SMILES string of the molecule is CCN1CCN(c2cc(CNC(=NC)N3CCN(c4ccc(F)cc4)CC3)ccn2)CC1.I. The summed E-state index contributed by atoms with van der Waals surface area (Å²) in [4.78, 5) is 18.5. The lowest BCUT2D eigenvalue weighted by Crippen LogP contribution is -2.52. The van der Waals surface area contributed by atoms with E-state index in [0.29, 0.717) is 0 Å². The van der Waals surface area contributed by atoms with Crippen molar-refractivity contribution in [2.45, 2.75) is 13.5 Å². The first kappa shape index (κ1) is 25.5. The van der Waals surface area contributed by atoms with Gasteiger partial charge >= 0.3 is 0 Å². The number of aliphatic imine (C=N–C) groups is 1. The van der Waals surface area contributed by atoms with Crippen molar-refractivity contribution in [3.63, 3.8) is 0 Å². The van der Waals surface area contributed by atoms with Crippen LogP contribution in [-0.2, 0) is 6.54 Å². The minimum atomic E-state index is -0.195. The van der Waals surface area contributed by atoms with Gasteiger partial charge in [-0.2, -0.15) is 0 Å². The van der Waals surface area contributed by atoms with Crippen molar-refractivity contribution >= 4 is 41.4 Å². The molecular weight excluding hydrogens is 532 g/mol. The number of aromatic nitrogens is 1. The van der Waals surface area contributed by atoms with Crippen molar-refractivity contribution in [2.75, 3.05) is 75.8 Å². The minimum absolute atomic E-state index is 0. The molecule has 7 nitrogen and oxygen atoms in total. The van der Waals surface area contributed by atoms with E-state index in [1.54, 1.807) is 0 Å². The van der Waals surface area contributed by atoms with E-state index in [-0.39, 0.29) is 29.8 Å². The van der Waals surface area contributed by atoms with E-state index in [1.807, 2.05) is 25.4 Å². The molecule has 2 fully saturated rings. The molecule has 0 radical (unpaired) electrons. The molecule has 1 aromatic heterocycles. The molecule has 1 N–H and O–H groups in total. The highest BCUT2D eigenvalue weighted by atomic mass is 127. The molecule has 3 heterocycles. The van der Waals surface area contributed by atoms with E-state index in [1.165, 1.54) is 17.7 Å². The number of guanidine groups is 1. The molecule has 0 saturated carbocycles. The summed E-state index contributed by atoms with van der Waals surface area (Å²) in [7, 11) is 1.83. The van der Waals surface area contributed by atoms with Crippen LogP contribution in [0.2, 0.25) is 0 Å². The van der Waals surface area contributed by atoms with Crippen molar-refractivity contribution in [2.24, 2.45) is 4.99 Å². The first-order chi connectivity index (χ1) is 15.7. The topological polar surface area (TPSA) is 50.2 Å². The number of nitrogens with one attached hydrogen (secondary N) is 1. The van der Waals surface area contributed by atoms with Gasteiger partial charge in [-0.05, 0) is 48.5 Å². The van der Waals surface area contributed by atoms with Crippen LogP contribution in [0.25, 0.3) is 0 Å². The minimum Gasteiger partial charge on any atom is -0.368 e. The highest BCUT2D eigenvalue weighted by molar-refractivity contribution is 14.0. The fourth-order valence-electron chi connectivity index (χ4n) is 4.38. The Hall–Kier alpha value is -2.14. The standard InChI is InChI=1S/C24H34FN7.HI/c1-3-29-10-12-31(13-11-29)23-18-20(8-9-27-23)19-28-24(26-2)32-16-14-30(15-17-32)22-6-4-21(25)5-7-22;/h4-9,18H,3,10-17,19H2,1-2H3,(H,26,28);1H. The third kappa shape index (κ3) is 6.69. The van der Waals surface area contributed by atoms with Crippen molar-refractivity contribution in [3.05, 3.63) is 54.0 Å². The molecule has 0 spiro atoms. The maximum Gasteiger partial charge on any atom is 0.194 e. The Bertz CT molecular complexity index is 892. The monoisotopic (exact) mass is 567 g/mol. The lowest BCUT2D eigenvalue weighted by Gasteiger charge is -2.37. The van der Waals surface area contributed by atoms with Gasteiger partial charge in [0.15, 0.2) is 5.96 Å². The van der Waals surface area contributed by atoms with Gasteiger partial charge in [0, 0.05) is 77.8 Å². The molecule has 0 bridgehead atoms. The molecule has 33 heavy (non-hydrogen) atoms. The fourth-order valence-corrected chi connectivity index (χ4v) is 4.38. The molecule has 2 saturated heterocycles. The third-order valence-corrected chi connectivity index (χ3v) is 6.39. The molecule has 0 unspecified atom stereocenters. The zero-order valence-corrected chi connectivity index (χ0v) is 21.9. The number of hydrogen-bond donors (Lipinski definition) is 1. The van der Waals surface area contributed by atoms with Crippen LogP contribution in [0.3, 0.4) is 0 Å². The van der Waals surface area contributed by atoms with E-state index in [9.17, 15) is 4.39 Å². The quantitative estimate of drug-likeness (QED) is 0.341. The lowest BCUT2D eigenvalue weighted by molar-refractivity contribution is 0.270. The molecule has 4 rings (SSSR count). The van der Waals surface area contributed by atoms with Gasteiger partial charge in [0.1, 0.15) is 11.6 Å². The van der Waals surface area contributed by atoms with Crippen molar-refractivity contribution in [3.8, 4) is 0 Å². The molecule has 0 amide bonds. The molecule has 2 aliphatic heterocycles. The first-order valence-electron chi connectivity index (χ1n) is 11.5. The first-order valence-corrected chi connectivity index (χ1v) is 11.5. The predicted octanol–water partition coefficient (Wildman–Crippen LogP) is 2.88. The Labute approximate surface area is 213 Å². The Balaban J connectivity index is 0.00000306. The zero-order valence-electron chi connectivity index (χ0n) is 19.6. The summed E-state index contributed by atoms with van der Waals surface area (Å²) < 4.78 is 13.2. The van der Waals surface area contributed by atoms with Crippen LogP contribution in [0.15, 0.2) is 47.6 Å². The number of nitrogens with zero attached hydrogens (tertiary/aromatic N) is 6. The lowest BCUT2D eigenvalue weighted by atomic mass is 10.2. The molecule has 1 aromatic carbocycles. The molecule has 180 valence electrons. The number of rotatable bonds is 5. The van der Waals surface area contributed by atoms with Crippen molar-refractivity contribution in [1.29, 1.82) is 0 Å². The van der Waals surface area contributed by atoms with Crippen LogP contribution < -0.4 is 15.1 Å². The van der Waals surface area contributed by atoms with E-state index < -0.39 is 0 Å². The van der Waals surface area contributed by atoms with Crippen LogP contribution in [0.4, 0.5) is 15.9 Å². The summed E-state index contributed by atoms with van der Waals surface area (Å²) >= 11 is 0. The zero-order chi connectivity index (χ0) is 22.3. The number of piperazine rings is 2. The Morgan fingerprint density at radius 2 is 1.64 bits per heavy atom. The highest BCUT2D eigenvalue weighted by Gasteiger charge is 2.20. The number of pyridine rings is 1. The van der Waals surface area contributed by atoms with Gasteiger partial charge in [-0.3, -0.25) is 4.99 Å². The molecule has 2 aliphatic rings. The van der Waals surface area contributed by atoms with E-state index in [0.717, 1.165) is 82.9 Å². The second kappa shape index (κ2) is 12.4. The van der Waals surface area contributed by atoms with Crippen LogP contribution in [0, 0.1) is 5.82 Å². The van der Waals surface area contributed by atoms with Crippen LogP contribution in [0.5, 0.6) is 0 Å². The van der Waals surface area contributed by atoms with Gasteiger partial charge in [0.25, 0.3) is 0 Å². The van der Waals surface area contributed by atoms with Crippen molar-refractivity contribution in [1.82, 2.24) is 20.1 Å². The van der Waals surface area contributed by atoms with Crippen LogP contribution >= 0.6 is 24.0 Å². The van der Waals surface area contributed by atoms with Crippen molar-refractivity contribution < 1.29 is 4.39 Å². The normalized spacial score (nSPS) is 17.7. The van der Waals surface area contributed by atoms with Gasteiger partial charge in [-0.15, -0.1) is 24.0 Å². The molecule has 2 aromatic rings. The van der Waals surface area contributed by atoms with Gasteiger partial charge in [0.2, 0.25) is 0 Å². The predicted molar refractivity (Wildman–Crippen MR) is 144 cm³/mol. The van der Waals surface area contributed by atoms with Gasteiger partial charge in [-0.1, -0.05) is 6.92 Å². The maximum absolute atomic E-state index is 13.2. The van der Waals surface area contributed by atoms with E-state index in [2.05, 4.69) is 53.9 Å². The van der Waals surface area contributed by atoms with E-state index in [4.69, 9.17) is 0 Å². The number of anilines is 2. The summed E-state index contributed by atoms with van der Waals surface area (Å²) in [5.41, 5.74) is 2.28. The van der Waals surface area contributed by atoms with Crippen LogP contribution in [-0.4, -0.2) is 86.7 Å². The maximum atomic E-state index is 13.2. The number of hydrogen-bond acceptors (Lipinski definition) is 5. The Morgan fingerprint density at radius 1 is 0.970 bits per heavy atom. The summed E-state index contributed by atoms with van der Waals surface area (Å²) in [5.74, 6) is 1.78. The second-order valence-corrected chi connectivity index (χ2v) is 8.29. The fraction of sp³-hybridized carbons (Fsp3) is 0.500. The molecular formula is C24H35FIN7. The molecule has 9 heteroatoms.